The summed E-state index contributed by atoms with van der Waals surface area (Å²) in [4.78, 5) is 15.3. The van der Waals surface area contributed by atoms with Gasteiger partial charge in [-0.15, -0.1) is 0 Å². The Kier molecular flexibility index (Phi) is 5.48. The summed E-state index contributed by atoms with van der Waals surface area (Å²) in [5.74, 6) is 1.07. The molecule has 1 N–H and O–H groups in total. The van der Waals surface area contributed by atoms with Crippen LogP contribution >= 0.6 is 0 Å². The molecule has 1 saturated carbocycles. The number of piperidine rings is 1. The molecule has 0 bridgehead atoms. The Morgan fingerprint density at radius 2 is 2.05 bits per heavy atom. The first kappa shape index (κ1) is 15.8. The zero-order valence-corrected chi connectivity index (χ0v) is 13.6. The molecule has 2 aliphatic rings. The van der Waals surface area contributed by atoms with E-state index in [2.05, 4.69) is 31.1 Å². The van der Waals surface area contributed by atoms with Crippen LogP contribution in [0.2, 0.25) is 0 Å². The van der Waals surface area contributed by atoms with Crippen molar-refractivity contribution in [3.05, 3.63) is 0 Å². The monoisotopic (exact) mass is 280 g/mol. The fraction of sp³-hybridized carbons (Fsp3) is 0.941. The number of hydrogen-bond donors (Lipinski definition) is 1. The molecular formula is C17H32N2O. The van der Waals surface area contributed by atoms with Crippen LogP contribution in [0, 0.1) is 11.3 Å². The zero-order valence-electron chi connectivity index (χ0n) is 13.6. The van der Waals surface area contributed by atoms with Crippen molar-refractivity contribution in [2.45, 2.75) is 71.3 Å². The molecule has 0 aromatic rings. The van der Waals surface area contributed by atoms with Gasteiger partial charge in [-0.25, -0.2) is 0 Å². The molecule has 1 amide bonds. The molecule has 3 unspecified atom stereocenters. The quantitative estimate of drug-likeness (QED) is 0.857. The SMILES string of the molecule is CCCC1(C(=O)N(C)C2CCCCC2C)CCCNC1. The minimum absolute atomic E-state index is 0.126. The van der Waals surface area contributed by atoms with Gasteiger partial charge in [0.15, 0.2) is 0 Å². The summed E-state index contributed by atoms with van der Waals surface area (Å²) in [6.07, 6.45) is 9.43. The Morgan fingerprint density at radius 3 is 2.65 bits per heavy atom. The van der Waals surface area contributed by atoms with Gasteiger partial charge < -0.3 is 10.2 Å². The fourth-order valence-electron chi connectivity index (χ4n) is 4.35. The van der Waals surface area contributed by atoms with E-state index < -0.39 is 0 Å². The van der Waals surface area contributed by atoms with Gasteiger partial charge in [-0.2, -0.15) is 0 Å². The Balaban J connectivity index is 2.09. The predicted molar refractivity (Wildman–Crippen MR) is 83.6 cm³/mol. The van der Waals surface area contributed by atoms with Crippen molar-refractivity contribution in [2.75, 3.05) is 20.1 Å². The van der Waals surface area contributed by atoms with Gasteiger partial charge in [0, 0.05) is 19.6 Å². The number of carbonyl (C=O) groups excluding carboxylic acids is 1. The Morgan fingerprint density at radius 1 is 1.30 bits per heavy atom. The highest BCUT2D eigenvalue weighted by atomic mass is 16.2. The van der Waals surface area contributed by atoms with Crippen molar-refractivity contribution in [2.24, 2.45) is 11.3 Å². The maximum absolute atomic E-state index is 13.1. The summed E-state index contributed by atoms with van der Waals surface area (Å²) in [6, 6.07) is 0.465. The molecule has 1 saturated heterocycles. The van der Waals surface area contributed by atoms with Crippen LogP contribution < -0.4 is 5.32 Å². The summed E-state index contributed by atoms with van der Waals surface area (Å²) in [5, 5.41) is 3.46. The molecule has 3 nitrogen and oxygen atoms in total. The number of carbonyl (C=O) groups is 1. The lowest BCUT2D eigenvalue weighted by Crippen LogP contribution is -2.54. The third kappa shape index (κ3) is 3.19. The van der Waals surface area contributed by atoms with Crippen molar-refractivity contribution >= 4 is 5.91 Å². The lowest BCUT2D eigenvalue weighted by molar-refractivity contribution is -0.146. The molecule has 3 atom stereocenters. The molecule has 3 heteroatoms. The van der Waals surface area contributed by atoms with Crippen LogP contribution in [0.5, 0.6) is 0 Å². The van der Waals surface area contributed by atoms with Crippen LogP contribution in [0.15, 0.2) is 0 Å². The van der Waals surface area contributed by atoms with E-state index in [1.807, 2.05) is 0 Å². The van der Waals surface area contributed by atoms with E-state index in [0.29, 0.717) is 17.9 Å². The van der Waals surface area contributed by atoms with Crippen LogP contribution in [0.1, 0.15) is 65.2 Å². The van der Waals surface area contributed by atoms with Crippen LogP contribution in [0.4, 0.5) is 0 Å². The first-order chi connectivity index (χ1) is 9.60. The number of nitrogens with zero attached hydrogens (tertiary/aromatic N) is 1. The topological polar surface area (TPSA) is 32.3 Å². The van der Waals surface area contributed by atoms with Gasteiger partial charge in [0.05, 0.1) is 5.41 Å². The molecule has 20 heavy (non-hydrogen) atoms. The van der Waals surface area contributed by atoms with Crippen molar-refractivity contribution in [3.8, 4) is 0 Å². The third-order valence-electron chi connectivity index (χ3n) is 5.54. The molecule has 1 aliphatic heterocycles. The standard InChI is InChI=1S/C17H32N2O/c1-4-10-17(11-7-12-18-13-17)16(20)19(3)15-9-6-5-8-14(15)2/h14-15,18H,4-13H2,1-3H3. The highest BCUT2D eigenvalue weighted by molar-refractivity contribution is 5.83. The van der Waals surface area contributed by atoms with E-state index in [0.717, 1.165) is 38.8 Å². The van der Waals surface area contributed by atoms with E-state index in [-0.39, 0.29) is 5.41 Å². The van der Waals surface area contributed by atoms with Gasteiger partial charge in [-0.05, 0) is 44.6 Å². The summed E-state index contributed by atoms with van der Waals surface area (Å²) in [6.45, 7) is 6.47. The average Bonchev–Trinajstić information content (AvgIpc) is 2.47. The van der Waals surface area contributed by atoms with Crippen LogP contribution in [-0.2, 0) is 4.79 Å². The third-order valence-corrected chi connectivity index (χ3v) is 5.54. The summed E-state index contributed by atoms with van der Waals surface area (Å²) < 4.78 is 0. The van der Waals surface area contributed by atoms with Gasteiger partial charge in [0.25, 0.3) is 0 Å². The Labute approximate surface area is 124 Å². The second-order valence-corrected chi connectivity index (χ2v) is 7.06. The zero-order chi connectivity index (χ0) is 14.6. The van der Waals surface area contributed by atoms with Crippen LogP contribution in [0.3, 0.4) is 0 Å². The molecule has 0 aromatic carbocycles. The summed E-state index contributed by atoms with van der Waals surface area (Å²) in [5.41, 5.74) is -0.126. The smallest absolute Gasteiger partial charge is 0.230 e. The predicted octanol–water partition coefficient (Wildman–Crippen LogP) is 3.19. The Hall–Kier alpha value is -0.570. The number of nitrogens with one attached hydrogen (secondary N) is 1. The van der Waals surface area contributed by atoms with Crippen molar-refractivity contribution in [1.82, 2.24) is 10.2 Å². The number of hydrogen-bond acceptors (Lipinski definition) is 2. The number of amides is 1. The maximum Gasteiger partial charge on any atom is 0.230 e. The second kappa shape index (κ2) is 6.93. The van der Waals surface area contributed by atoms with Crippen molar-refractivity contribution in [3.63, 3.8) is 0 Å². The summed E-state index contributed by atoms with van der Waals surface area (Å²) in [7, 11) is 2.06. The van der Waals surface area contributed by atoms with Gasteiger partial charge in [-0.3, -0.25) is 4.79 Å². The summed E-state index contributed by atoms with van der Waals surface area (Å²) >= 11 is 0. The molecule has 2 rings (SSSR count). The second-order valence-electron chi connectivity index (χ2n) is 7.06. The van der Waals surface area contributed by atoms with E-state index >= 15 is 0 Å². The van der Waals surface area contributed by atoms with E-state index in [4.69, 9.17) is 0 Å². The van der Waals surface area contributed by atoms with Gasteiger partial charge >= 0.3 is 0 Å². The fourth-order valence-corrected chi connectivity index (χ4v) is 4.35. The van der Waals surface area contributed by atoms with E-state index in [1.54, 1.807) is 0 Å². The normalized spacial score (nSPS) is 34.8. The Bertz CT molecular complexity index is 317. The molecule has 0 spiro atoms. The lowest BCUT2D eigenvalue weighted by Gasteiger charge is -2.44. The van der Waals surface area contributed by atoms with E-state index in [1.165, 1.54) is 25.7 Å². The van der Waals surface area contributed by atoms with Crippen LogP contribution in [0.25, 0.3) is 0 Å². The molecule has 0 aromatic heterocycles. The molecule has 116 valence electrons. The molecule has 1 aliphatic carbocycles. The van der Waals surface area contributed by atoms with E-state index in [9.17, 15) is 4.79 Å². The lowest BCUT2D eigenvalue weighted by atomic mass is 9.74. The molecule has 2 fully saturated rings. The first-order valence-corrected chi connectivity index (χ1v) is 8.59. The van der Waals surface area contributed by atoms with Crippen LogP contribution in [-0.4, -0.2) is 37.0 Å². The first-order valence-electron chi connectivity index (χ1n) is 8.59. The number of rotatable bonds is 4. The minimum Gasteiger partial charge on any atom is -0.342 e. The van der Waals surface area contributed by atoms with Crippen molar-refractivity contribution < 1.29 is 4.79 Å². The highest BCUT2D eigenvalue weighted by Crippen LogP contribution is 2.36. The average molecular weight is 280 g/mol. The molecule has 0 radical (unpaired) electrons. The highest BCUT2D eigenvalue weighted by Gasteiger charge is 2.42. The van der Waals surface area contributed by atoms with Gasteiger partial charge in [-0.1, -0.05) is 33.1 Å². The van der Waals surface area contributed by atoms with Crippen molar-refractivity contribution in [1.29, 1.82) is 0 Å². The van der Waals surface area contributed by atoms with Gasteiger partial charge in [0.1, 0.15) is 0 Å². The molecule has 1 heterocycles. The maximum atomic E-state index is 13.1. The largest absolute Gasteiger partial charge is 0.342 e. The van der Waals surface area contributed by atoms with Gasteiger partial charge in [0.2, 0.25) is 5.91 Å². The minimum atomic E-state index is -0.126. The molecular weight excluding hydrogens is 248 g/mol.